The zero-order valence-electron chi connectivity index (χ0n) is 53.1. The Bertz CT molecular complexity index is 3610. The number of halogens is 4. The fraction of sp³-hybridized carbons (Fsp3) is 0.366. The fourth-order valence-electron chi connectivity index (χ4n) is 10.2. The van der Waals surface area contributed by atoms with E-state index in [9.17, 15) is 28.3 Å². The number of hydrogen-bond acceptors (Lipinski definition) is 13. The molecule has 6 fully saturated rings. The fourth-order valence-corrected chi connectivity index (χ4v) is 11.0. The van der Waals surface area contributed by atoms with Gasteiger partial charge in [-0.25, -0.2) is 13.6 Å². The van der Waals surface area contributed by atoms with E-state index in [-0.39, 0.29) is 83.9 Å². The van der Waals surface area contributed by atoms with Crippen LogP contribution in [0.15, 0.2) is 161 Å². The molecule has 3 saturated heterocycles. The summed E-state index contributed by atoms with van der Waals surface area (Å²) in [5.41, 5.74) is 6.34. The largest absolute Gasteiger partial charge is 1.00 e. The molecule has 0 amide bonds. The van der Waals surface area contributed by atoms with Crippen LogP contribution in [0, 0.1) is 11.6 Å². The Morgan fingerprint density at radius 3 is 1.34 bits per heavy atom. The van der Waals surface area contributed by atoms with Gasteiger partial charge in [0.1, 0.15) is 39.7 Å². The van der Waals surface area contributed by atoms with Gasteiger partial charge in [-0.2, -0.15) is 0 Å². The summed E-state index contributed by atoms with van der Waals surface area (Å²) < 4.78 is 72.7. The number of ketones is 2. The summed E-state index contributed by atoms with van der Waals surface area (Å²) in [7, 11) is 0.931. The van der Waals surface area contributed by atoms with Crippen LogP contribution >= 0.6 is 31.9 Å². The number of hydrogen-bond donors (Lipinski definition) is 2. The molecule has 0 bridgehead atoms. The van der Waals surface area contributed by atoms with Gasteiger partial charge in [0.15, 0.2) is 11.6 Å². The maximum absolute atomic E-state index is 13.2. The van der Waals surface area contributed by atoms with Gasteiger partial charge in [0.2, 0.25) is 0 Å². The van der Waals surface area contributed by atoms with Gasteiger partial charge in [0.05, 0.1) is 81.8 Å². The van der Waals surface area contributed by atoms with Crippen molar-refractivity contribution in [1.29, 1.82) is 0 Å². The van der Waals surface area contributed by atoms with Gasteiger partial charge in [-0.05, 0) is 205 Å². The van der Waals surface area contributed by atoms with Gasteiger partial charge in [0.25, 0.3) is 0 Å². The molecule has 3 saturated carbocycles. The first-order chi connectivity index (χ1) is 42.7. The molecule has 20 heteroatoms. The first-order valence-corrected chi connectivity index (χ1v) is 31.6. The number of esters is 1. The van der Waals surface area contributed by atoms with Crippen molar-refractivity contribution in [2.24, 2.45) is 0 Å². The van der Waals surface area contributed by atoms with Crippen LogP contribution in [0.2, 0.25) is 0 Å². The Kier molecular flexibility index (Phi) is 24.1. The van der Waals surface area contributed by atoms with E-state index in [1.165, 1.54) is 31.4 Å². The molecule has 0 spiro atoms. The van der Waals surface area contributed by atoms with E-state index in [2.05, 4.69) is 36.6 Å². The third-order valence-electron chi connectivity index (χ3n) is 17.0. The topological polar surface area (TPSA) is 166 Å². The molecule has 7 aromatic rings. The molecule has 3 aliphatic heterocycles. The standard InChI is InChI=1S/C27H25FO4.C23H26BFO4.C11H11BrO3.C10H11BrO2.B.Li.H/c28-22-7-1-18(2-8-22)13-26(30)27(16-31-17-27)21-5-3-19(4-6-21)25-12-11-24(14-20(25)15-29)32-23-9-10-23;1-21(2)22(3,4)29-24(28-21)18-9-7-17(8-10-18)23(14-27-15-23)20(26)13-16-5-11-19(25)12-6-16;1-14-11(13)9-6-8(4-5-10(9)12)15-7-2-3-7;11-10-4-3-9(5-7(10)6-12)13-8-1-2-8;;;/h1-8,11-12,14,23,29H,9-10,13,15-17H2;5-12H,13-15H2,1-4H3;4-7H,2-3H2,1H3;3-5,8,12H,1-2,6H2;;;/q;;;;;+1;-1. The van der Waals surface area contributed by atoms with Crippen LogP contribution in [0.5, 0.6) is 17.2 Å². The van der Waals surface area contributed by atoms with Crippen molar-refractivity contribution in [1.82, 2.24) is 0 Å². The number of aliphatic hydroxyl groups is 2. The molecule has 0 atom stereocenters. The molecule has 3 radical (unpaired) electrons. The van der Waals surface area contributed by atoms with Crippen LogP contribution in [0.1, 0.15) is 111 Å². The van der Waals surface area contributed by atoms with Gasteiger partial charge in [-0.3, -0.25) is 9.59 Å². The van der Waals surface area contributed by atoms with Crippen molar-refractivity contribution >= 4 is 70.4 Å². The Labute approximate surface area is 563 Å². The number of rotatable bonds is 19. The number of carbonyl (C=O) groups excluding carboxylic acids is 3. The zero-order chi connectivity index (χ0) is 63.1. The van der Waals surface area contributed by atoms with E-state index in [1.54, 1.807) is 36.4 Å². The van der Waals surface area contributed by atoms with E-state index in [0.717, 1.165) is 115 Å². The number of Topliss-reactive ketones (excluding diaryl/α,β-unsaturated/α-hetero) is 2. The van der Waals surface area contributed by atoms with Gasteiger partial charge >= 0.3 is 31.9 Å². The molecule has 3 heterocycles. The number of methoxy groups -OCH3 is 1. The average Bonchev–Trinajstić information content (AvgIpc) is 1.73. The Morgan fingerprint density at radius 2 is 0.945 bits per heavy atom. The van der Waals surface area contributed by atoms with Crippen molar-refractivity contribution in [3.05, 3.63) is 211 Å². The minimum atomic E-state index is -0.672. The second-order valence-electron chi connectivity index (χ2n) is 24.4. The molecule has 0 aromatic heterocycles. The summed E-state index contributed by atoms with van der Waals surface area (Å²) in [6.07, 6.45) is 8.23. The van der Waals surface area contributed by atoms with Crippen LogP contribution in [0.25, 0.3) is 11.1 Å². The molecule has 13 rings (SSSR count). The molecule has 471 valence electrons. The quantitative estimate of drug-likeness (QED) is 0.0581. The van der Waals surface area contributed by atoms with Gasteiger partial charge in [-0.15, -0.1) is 0 Å². The summed E-state index contributed by atoms with van der Waals surface area (Å²) in [4.78, 5) is 37.6. The second kappa shape index (κ2) is 30.9. The van der Waals surface area contributed by atoms with Gasteiger partial charge in [0, 0.05) is 30.2 Å². The summed E-state index contributed by atoms with van der Waals surface area (Å²) in [6.45, 7) is 9.49. The number of aliphatic hydroxyl groups excluding tert-OH is 2. The Hall–Kier alpha value is -5.94. The predicted octanol–water partition coefficient (Wildman–Crippen LogP) is 9.81. The molecule has 13 nitrogen and oxygen atoms in total. The van der Waals surface area contributed by atoms with E-state index in [1.807, 2.05) is 119 Å². The summed E-state index contributed by atoms with van der Waals surface area (Å²) in [5.74, 6) is 1.54. The monoisotopic (exact) mass is 1360 g/mol. The van der Waals surface area contributed by atoms with Crippen molar-refractivity contribution < 1.29 is 91.4 Å². The summed E-state index contributed by atoms with van der Waals surface area (Å²) in [5, 5.41) is 18.9. The molecule has 6 aliphatic rings. The number of benzene rings is 7. The summed E-state index contributed by atoms with van der Waals surface area (Å²) >= 11 is 6.65. The van der Waals surface area contributed by atoms with Gasteiger partial charge < -0.3 is 49.4 Å². The zero-order valence-corrected chi connectivity index (χ0v) is 55.3. The van der Waals surface area contributed by atoms with Crippen molar-refractivity contribution in [2.45, 2.75) is 133 Å². The van der Waals surface area contributed by atoms with Crippen LogP contribution < -0.4 is 38.5 Å². The van der Waals surface area contributed by atoms with Crippen LogP contribution in [-0.4, -0.2) is 106 Å². The number of carbonyl (C=O) groups is 3. The minimum absolute atomic E-state index is 0. The van der Waals surface area contributed by atoms with Crippen molar-refractivity contribution in [2.75, 3.05) is 33.5 Å². The molecule has 91 heavy (non-hydrogen) atoms. The normalized spacial score (nSPS) is 17.5. The molecular weight excluding hydrogens is 1290 g/mol. The predicted molar refractivity (Wildman–Crippen MR) is 349 cm³/mol. The maximum atomic E-state index is 13.2. The molecule has 3 aliphatic carbocycles. The van der Waals surface area contributed by atoms with E-state index < -0.39 is 29.2 Å². The summed E-state index contributed by atoms with van der Waals surface area (Å²) in [6, 6.07) is 44.7. The Morgan fingerprint density at radius 1 is 0.549 bits per heavy atom. The molecular formula is C71H74B2Br2F2LiO13. The Balaban J connectivity index is 0.000000183. The average molecular weight is 1360 g/mol. The van der Waals surface area contributed by atoms with E-state index in [4.69, 9.17) is 38.1 Å². The third-order valence-corrected chi connectivity index (χ3v) is 18.5. The maximum Gasteiger partial charge on any atom is 1.00 e. The first-order valence-electron chi connectivity index (χ1n) is 30.0. The molecule has 2 N–H and O–H groups in total. The van der Waals surface area contributed by atoms with Crippen molar-refractivity contribution in [3.63, 3.8) is 0 Å². The second-order valence-corrected chi connectivity index (χ2v) is 26.1. The minimum Gasteiger partial charge on any atom is -1.00 e. The SMILES string of the molecule is CC1(C)OB(c2ccc(C3(C(=O)Cc4ccc(F)cc4)COC3)cc2)OC1(C)C.COC(=O)c1cc(OC2CC2)ccc1Br.O=C(Cc1ccc(F)cc1)C1(c2ccc(-c3ccc(OC4CC4)cc3CO)cc2)COC1.OCc1cc(OC2CC2)ccc1Br.[B].[H-].[Li+]. The number of ether oxygens (including phenoxy) is 6. The molecule has 0 unspecified atom stereocenters. The first kappa shape index (κ1) is 70.9. The van der Waals surface area contributed by atoms with E-state index >= 15 is 0 Å². The van der Waals surface area contributed by atoms with E-state index in [0.29, 0.717) is 50.3 Å². The van der Waals surface area contributed by atoms with Crippen LogP contribution in [-0.2, 0) is 70.0 Å². The van der Waals surface area contributed by atoms with Crippen molar-refractivity contribution in [3.8, 4) is 28.4 Å². The van der Waals surface area contributed by atoms with Crippen LogP contribution in [0.4, 0.5) is 8.78 Å². The van der Waals surface area contributed by atoms with Crippen LogP contribution in [0.3, 0.4) is 0 Å². The van der Waals surface area contributed by atoms with Gasteiger partial charge in [-0.1, -0.05) is 94.8 Å². The molecule has 7 aromatic carbocycles. The third kappa shape index (κ3) is 17.7. The smallest absolute Gasteiger partial charge is 1.00 e.